The second kappa shape index (κ2) is 4.33. The first-order valence-electron chi connectivity index (χ1n) is 2.77. The lowest BCUT2D eigenvalue weighted by atomic mass is 10.7. The van der Waals surface area contributed by atoms with E-state index in [0.29, 0.717) is 0 Å². The Morgan fingerprint density at radius 3 is 2.17 bits per heavy atom. The van der Waals surface area contributed by atoms with Crippen LogP contribution in [0.4, 0.5) is 0 Å². The zero-order chi connectivity index (χ0) is 9.83. The molecule has 0 aromatic rings. The fourth-order valence-corrected chi connectivity index (χ4v) is 2.49. The largest absolute Gasteiger partial charge is 0.345 e. The molecule has 0 bridgehead atoms. The summed E-state index contributed by atoms with van der Waals surface area (Å²) in [6.45, 7) is 2.95. The van der Waals surface area contributed by atoms with E-state index in [1.807, 2.05) is 0 Å². The molecule has 0 amide bonds. The second-order valence-corrected chi connectivity index (χ2v) is 5.34. The molecule has 0 saturated carbocycles. The van der Waals surface area contributed by atoms with Gasteiger partial charge in [-0.1, -0.05) is 6.08 Å². The Morgan fingerprint density at radius 2 is 1.83 bits per heavy atom. The maximum atomic E-state index is 10.7. The van der Waals surface area contributed by atoms with Gasteiger partial charge in [-0.15, -0.1) is 6.58 Å². The van der Waals surface area contributed by atoms with Crippen molar-refractivity contribution in [3.8, 4) is 0 Å². The van der Waals surface area contributed by atoms with Crippen molar-refractivity contribution in [3.05, 3.63) is 18.6 Å². The predicted molar refractivity (Wildman–Crippen MR) is 42.3 cm³/mol. The van der Waals surface area contributed by atoms with Crippen molar-refractivity contribution in [3.63, 3.8) is 0 Å². The van der Waals surface area contributed by atoms with Gasteiger partial charge in [-0.2, -0.15) is 0 Å². The molecule has 71 valence electrons. The average molecular weight is 215 g/mol. The fraction of sp³-hybridized carbons (Fsp3) is 0.250. The van der Waals surface area contributed by atoms with Crippen molar-refractivity contribution in [2.75, 3.05) is 6.61 Å². The first-order valence-corrected chi connectivity index (χ1v) is 6.10. The van der Waals surface area contributed by atoms with Crippen LogP contribution in [0, 0.1) is 5.90 Å². The molecule has 8 heteroatoms. The third-order valence-electron chi connectivity index (χ3n) is 0.674. The molecule has 1 unspecified atom stereocenters. The van der Waals surface area contributed by atoms with E-state index in [1.165, 1.54) is 6.08 Å². The Hall–Kier alpha value is 0.0400. The summed E-state index contributed by atoms with van der Waals surface area (Å²) in [6, 6.07) is 0. The topological polar surface area (TPSA) is 104 Å². The minimum absolute atomic E-state index is 0.0104. The van der Waals surface area contributed by atoms with E-state index >= 15 is 0 Å². The van der Waals surface area contributed by atoms with Crippen molar-refractivity contribution < 1.29 is 28.3 Å². The van der Waals surface area contributed by atoms with Gasteiger partial charge in [0.15, 0.2) is 5.90 Å². The SMILES string of the molecule is C=CCOP(=O)(O)[CH]P(=O)(O)O. The monoisotopic (exact) mass is 215 g/mol. The highest BCUT2D eigenvalue weighted by atomic mass is 31.2. The summed E-state index contributed by atoms with van der Waals surface area (Å²) in [5.74, 6) is -0.0104. The molecule has 0 fully saturated rings. The first kappa shape index (κ1) is 12.0. The van der Waals surface area contributed by atoms with Gasteiger partial charge in [0.25, 0.3) is 0 Å². The summed E-state index contributed by atoms with van der Waals surface area (Å²) in [5, 5.41) is 0. The number of rotatable bonds is 5. The molecular weight excluding hydrogens is 206 g/mol. The molecule has 0 aromatic carbocycles. The van der Waals surface area contributed by atoms with Crippen molar-refractivity contribution in [1.29, 1.82) is 0 Å². The van der Waals surface area contributed by atoms with Crippen LogP contribution in [0.5, 0.6) is 0 Å². The first-order chi connectivity index (χ1) is 5.27. The molecule has 0 aliphatic carbocycles. The highest BCUT2D eigenvalue weighted by molar-refractivity contribution is 7.73. The molecule has 0 aliphatic heterocycles. The van der Waals surface area contributed by atoms with Crippen molar-refractivity contribution in [1.82, 2.24) is 0 Å². The van der Waals surface area contributed by atoms with E-state index in [1.54, 1.807) is 0 Å². The summed E-state index contributed by atoms with van der Waals surface area (Å²) in [4.78, 5) is 25.3. The van der Waals surface area contributed by atoms with Gasteiger partial charge in [0.05, 0.1) is 6.61 Å². The van der Waals surface area contributed by atoms with Crippen LogP contribution in [0.25, 0.3) is 0 Å². The summed E-state index contributed by atoms with van der Waals surface area (Å²) >= 11 is 0. The molecule has 0 aliphatic rings. The van der Waals surface area contributed by atoms with E-state index in [4.69, 9.17) is 14.7 Å². The molecule has 0 heterocycles. The van der Waals surface area contributed by atoms with Gasteiger partial charge in [0.2, 0.25) is 0 Å². The van der Waals surface area contributed by atoms with E-state index in [9.17, 15) is 9.13 Å². The highest BCUT2D eigenvalue weighted by Crippen LogP contribution is 2.60. The maximum absolute atomic E-state index is 10.7. The third kappa shape index (κ3) is 6.73. The van der Waals surface area contributed by atoms with Crippen LogP contribution in [0.1, 0.15) is 0 Å². The fourth-order valence-electron chi connectivity index (χ4n) is 0.383. The van der Waals surface area contributed by atoms with Gasteiger partial charge in [-0.05, 0) is 0 Å². The van der Waals surface area contributed by atoms with Crippen LogP contribution >= 0.6 is 15.2 Å². The van der Waals surface area contributed by atoms with Crippen LogP contribution in [0.2, 0.25) is 0 Å². The van der Waals surface area contributed by atoms with E-state index in [-0.39, 0.29) is 12.5 Å². The summed E-state index contributed by atoms with van der Waals surface area (Å²) in [7, 11) is -8.91. The summed E-state index contributed by atoms with van der Waals surface area (Å²) < 4.78 is 25.1. The molecule has 3 N–H and O–H groups in total. The van der Waals surface area contributed by atoms with Crippen LogP contribution in [-0.2, 0) is 13.7 Å². The van der Waals surface area contributed by atoms with Crippen LogP contribution in [-0.4, -0.2) is 21.3 Å². The zero-order valence-corrected chi connectivity index (χ0v) is 7.82. The van der Waals surface area contributed by atoms with Crippen molar-refractivity contribution >= 4 is 15.2 Å². The Kier molecular flexibility index (Phi) is 4.34. The molecule has 1 atom stereocenters. The van der Waals surface area contributed by atoms with Gasteiger partial charge in [0, 0.05) is 0 Å². The lowest BCUT2D eigenvalue weighted by Gasteiger charge is -2.10. The second-order valence-electron chi connectivity index (χ2n) is 1.85. The number of hydrogen-bond donors (Lipinski definition) is 3. The van der Waals surface area contributed by atoms with Crippen LogP contribution in [0.3, 0.4) is 0 Å². The maximum Gasteiger partial charge on any atom is 0.345 e. The van der Waals surface area contributed by atoms with Crippen molar-refractivity contribution in [2.45, 2.75) is 0 Å². The average Bonchev–Trinajstić information content (AvgIpc) is 1.78. The molecule has 0 rings (SSSR count). The van der Waals surface area contributed by atoms with E-state index in [0.717, 1.165) is 0 Å². The Morgan fingerprint density at radius 1 is 1.33 bits per heavy atom. The Labute approximate surface area is 69.6 Å². The van der Waals surface area contributed by atoms with Gasteiger partial charge < -0.3 is 19.2 Å². The molecule has 0 saturated heterocycles. The van der Waals surface area contributed by atoms with E-state index in [2.05, 4.69) is 11.1 Å². The summed E-state index contributed by atoms with van der Waals surface area (Å²) in [5.41, 5.74) is 0. The molecular formula is C4H9O6P2. The Bertz CT molecular complexity index is 242. The molecule has 6 nitrogen and oxygen atoms in total. The zero-order valence-electron chi connectivity index (χ0n) is 6.03. The standard InChI is InChI=1S/C4H9O6P2/c1-2-3-10-12(8,9)4-11(5,6)7/h2,4H,1,3H2,(H,8,9)(H2,5,6,7). The normalized spacial score (nSPS) is 16.9. The molecule has 0 spiro atoms. The van der Waals surface area contributed by atoms with Gasteiger partial charge in [-0.3, -0.25) is 9.13 Å². The third-order valence-corrected chi connectivity index (χ3v) is 3.56. The highest BCUT2D eigenvalue weighted by Gasteiger charge is 2.31. The van der Waals surface area contributed by atoms with Crippen molar-refractivity contribution in [2.24, 2.45) is 0 Å². The smallest absolute Gasteiger partial charge is 0.324 e. The minimum Gasteiger partial charge on any atom is -0.324 e. The quantitative estimate of drug-likeness (QED) is 0.460. The predicted octanol–water partition coefficient (Wildman–Crippen LogP) is 0.671. The van der Waals surface area contributed by atoms with Gasteiger partial charge in [-0.25, -0.2) is 0 Å². The summed E-state index contributed by atoms with van der Waals surface area (Å²) in [6.07, 6.45) is 1.19. The van der Waals surface area contributed by atoms with Gasteiger partial charge >= 0.3 is 15.2 Å². The molecule has 1 radical (unpaired) electrons. The van der Waals surface area contributed by atoms with E-state index < -0.39 is 15.2 Å². The molecule has 12 heavy (non-hydrogen) atoms. The minimum atomic E-state index is -4.62. The number of hydrogen-bond acceptors (Lipinski definition) is 3. The van der Waals surface area contributed by atoms with Gasteiger partial charge in [0.1, 0.15) is 0 Å². The Balaban J connectivity index is 4.14. The van der Waals surface area contributed by atoms with Crippen LogP contribution in [0.15, 0.2) is 12.7 Å². The van der Waals surface area contributed by atoms with Crippen LogP contribution < -0.4 is 0 Å². The molecule has 0 aromatic heterocycles. The lowest BCUT2D eigenvalue weighted by Crippen LogP contribution is -1.91. The lowest BCUT2D eigenvalue weighted by molar-refractivity contribution is 0.293.